The van der Waals surface area contributed by atoms with E-state index in [9.17, 15) is 0 Å². The van der Waals surface area contributed by atoms with Gasteiger partial charge in [-0.3, -0.25) is 0 Å². The second-order valence-electron chi connectivity index (χ2n) is 4.43. The van der Waals surface area contributed by atoms with Gasteiger partial charge in [0.25, 0.3) is 0 Å². The molecule has 0 aromatic carbocycles. The summed E-state index contributed by atoms with van der Waals surface area (Å²) >= 11 is 4.88. The van der Waals surface area contributed by atoms with E-state index in [2.05, 4.69) is 23.8 Å². The Balaban J connectivity index is 2.56. The zero-order valence-corrected chi connectivity index (χ0v) is 11.4. The van der Waals surface area contributed by atoms with Crippen molar-refractivity contribution in [3.05, 3.63) is 17.5 Å². The SMILES string of the molecule is Cc1cc(C(N)=S)nc(OCCCC(C)C)n1. The van der Waals surface area contributed by atoms with Crippen LogP contribution < -0.4 is 10.5 Å². The molecule has 94 valence electrons. The maximum Gasteiger partial charge on any atom is 0.317 e. The molecule has 0 atom stereocenters. The van der Waals surface area contributed by atoms with Crippen LogP contribution in [0.2, 0.25) is 0 Å². The minimum absolute atomic E-state index is 0.266. The van der Waals surface area contributed by atoms with Crippen molar-refractivity contribution >= 4 is 17.2 Å². The van der Waals surface area contributed by atoms with Crippen LogP contribution in [0.5, 0.6) is 6.01 Å². The maximum absolute atomic E-state index is 5.53. The van der Waals surface area contributed by atoms with Crippen molar-refractivity contribution in [2.75, 3.05) is 6.61 Å². The molecule has 0 saturated heterocycles. The first-order valence-corrected chi connectivity index (χ1v) is 6.18. The lowest BCUT2D eigenvalue weighted by Crippen LogP contribution is -2.14. The highest BCUT2D eigenvalue weighted by molar-refractivity contribution is 7.80. The van der Waals surface area contributed by atoms with Gasteiger partial charge in [0.1, 0.15) is 10.7 Å². The fraction of sp³-hybridized carbons (Fsp3) is 0.583. The molecule has 0 radical (unpaired) electrons. The molecule has 1 rings (SSSR count). The Hall–Kier alpha value is -1.23. The van der Waals surface area contributed by atoms with E-state index >= 15 is 0 Å². The van der Waals surface area contributed by atoms with Crippen LogP contribution in [0, 0.1) is 12.8 Å². The molecular formula is C12H19N3OS. The van der Waals surface area contributed by atoms with E-state index in [1.165, 1.54) is 0 Å². The van der Waals surface area contributed by atoms with E-state index in [0.29, 0.717) is 24.2 Å². The first-order chi connectivity index (χ1) is 7.99. The van der Waals surface area contributed by atoms with Crippen LogP contribution in [0.1, 0.15) is 38.1 Å². The normalized spacial score (nSPS) is 10.6. The number of hydrogen-bond donors (Lipinski definition) is 1. The molecule has 5 heteroatoms. The van der Waals surface area contributed by atoms with Crippen molar-refractivity contribution in [2.24, 2.45) is 11.7 Å². The molecule has 0 saturated carbocycles. The Kier molecular flexibility index (Phi) is 5.28. The quantitative estimate of drug-likeness (QED) is 0.622. The number of aryl methyl sites for hydroxylation is 1. The number of nitrogens with zero attached hydrogens (tertiary/aromatic N) is 2. The Labute approximate surface area is 108 Å². The van der Waals surface area contributed by atoms with E-state index < -0.39 is 0 Å². The van der Waals surface area contributed by atoms with Crippen LogP contribution >= 0.6 is 12.2 Å². The Morgan fingerprint density at radius 3 is 2.76 bits per heavy atom. The van der Waals surface area contributed by atoms with Gasteiger partial charge in [-0.15, -0.1) is 0 Å². The number of aromatic nitrogens is 2. The van der Waals surface area contributed by atoms with Crippen molar-refractivity contribution in [3.8, 4) is 6.01 Å². The van der Waals surface area contributed by atoms with Gasteiger partial charge >= 0.3 is 6.01 Å². The lowest BCUT2D eigenvalue weighted by Gasteiger charge is -2.07. The third-order valence-electron chi connectivity index (χ3n) is 2.24. The fourth-order valence-electron chi connectivity index (χ4n) is 1.39. The number of ether oxygens (including phenoxy) is 1. The lowest BCUT2D eigenvalue weighted by atomic mass is 10.1. The monoisotopic (exact) mass is 253 g/mol. The van der Waals surface area contributed by atoms with Gasteiger partial charge in [-0.25, -0.2) is 4.98 Å². The Bertz CT molecular complexity index is 393. The van der Waals surface area contributed by atoms with Crippen LogP contribution in [0.15, 0.2) is 6.07 Å². The van der Waals surface area contributed by atoms with E-state index in [-0.39, 0.29) is 4.99 Å². The number of rotatable bonds is 6. The molecule has 1 heterocycles. The molecule has 0 aliphatic rings. The summed E-state index contributed by atoms with van der Waals surface area (Å²) in [5.74, 6) is 0.684. The summed E-state index contributed by atoms with van der Waals surface area (Å²) in [5, 5.41) is 0. The molecule has 2 N–H and O–H groups in total. The van der Waals surface area contributed by atoms with Crippen molar-refractivity contribution in [3.63, 3.8) is 0 Å². The third-order valence-corrected chi connectivity index (χ3v) is 2.45. The summed E-state index contributed by atoms with van der Waals surface area (Å²) in [7, 11) is 0. The second kappa shape index (κ2) is 6.49. The van der Waals surface area contributed by atoms with E-state index in [0.717, 1.165) is 18.5 Å². The number of hydrogen-bond acceptors (Lipinski definition) is 4. The zero-order valence-electron chi connectivity index (χ0n) is 10.6. The van der Waals surface area contributed by atoms with Gasteiger partial charge in [0.15, 0.2) is 0 Å². The highest BCUT2D eigenvalue weighted by Crippen LogP contribution is 2.09. The van der Waals surface area contributed by atoms with E-state index in [4.69, 9.17) is 22.7 Å². The van der Waals surface area contributed by atoms with Crippen molar-refractivity contribution < 1.29 is 4.74 Å². The third kappa shape index (κ3) is 5.08. The lowest BCUT2D eigenvalue weighted by molar-refractivity contribution is 0.275. The largest absolute Gasteiger partial charge is 0.463 e. The van der Waals surface area contributed by atoms with Gasteiger partial charge in [-0.2, -0.15) is 4.98 Å². The van der Waals surface area contributed by atoms with Crippen molar-refractivity contribution in [2.45, 2.75) is 33.6 Å². The fourth-order valence-corrected chi connectivity index (χ4v) is 1.49. The van der Waals surface area contributed by atoms with Gasteiger partial charge in [0.05, 0.1) is 6.61 Å². The number of thiocarbonyl (C=S) groups is 1. The van der Waals surface area contributed by atoms with E-state index in [1.807, 2.05) is 6.92 Å². The first kappa shape index (κ1) is 13.8. The van der Waals surface area contributed by atoms with Crippen molar-refractivity contribution in [1.82, 2.24) is 9.97 Å². The predicted octanol–water partition coefficient (Wildman–Crippen LogP) is 2.23. The summed E-state index contributed by atoms with van der Waals surface area (Å²) < 4.78 is 5.49. The van der Waals surface area contributed by atoms with Gasteiger partial charge in [-0.1, -0.05) is 26.1 Å². The minimum atomic E-state index is 0.266. The summed E-state index contributed by atoms with van der Waals surface area (Å²) in [4.78, 5) is 8.60. The molecule has 0 bridgehead atoms. The van der Waals surface area contributed by atoms with Gasteiger partial charge in [-0.05, 0) is 31.7 Å². The van der Waals surface area contributed by atoms with Crippen LogP contribution in [0.4, 0.5) is 0 Å². The average Bonchev–Trinajstić information content (AvgIpc) is 2.23. The molecule has 0 fully saturated rings. The molecule has 0 unspecified atom stereocenters. The average molecular weight is 253 g/mol. The number of nitrogens with two attached hydrogens (primary N) is 1. The molecule has 4 nitrogen and oxygen atoms in total. The molecule has 0 aliphatic carbocycles. The van der Waals surface area contributed by atoms with Crippen LogP contribution in [-0.2, 0) is 0 Å². The van der Waals surface area contributed by atoms with Gasteiger partial charge < -0.3 is 10.5 Å². The zero-order chi connectivity index (χ0) is 12.8. The summed E-state index contributed by atoms with van der Waals surface area (Å²) in [6.45, 7) is 6.87. The molecule has 0 amide bonds. The highest BCUT2D eigenvalue weighted by Gasteiger charge is 2.05. The van der Waals surface area contributed by atoms with Crippen LogP contribution in [0.25, 0.3) is 0 Å². The second-order valence-corrected chi connectivity index (χ2v) is 4.87. The Morgan fingerprint density at radius 1 is 1.47 bits per heavy atom. The van der Waals surface area contributed by atoms with E-state index in [1.54, 1.807) is 6.07 Å². The molecule has 0 aliphatic heterocycles. The smallest absolute Gasteiger partial charge is 0.317 e. The molecule has 1 aromatic rings. The highest BCUT2D eigenvalue weighted by atomic mass is 32.1. The van der Waals surface area contributed by atoms with Crippen LogP contribution in [0.3, 0.4) is 0 Å². The Morgan fingerprint density at radius 2 is 2.18 bits per heavy atom. The summed E-state index contributed by atoms with van der Waals surface area (Å²) in [6, 6.07) is 2.11. The van der Waals surface area contributed by atoms with Crippen LogP contribution in [-0.4, -0.2) is 21.6 Å². The minimum Gasteiger partial charge on any atom is -0.463 e. The van der Waals surface area contributed by atoms with Crippen molar-refractivity contribution in [1.29, 1.82) is 0 Å². The maximum atomic E-state index is 5.53. The topological polar surface area (TPSA) is 61.0 Å². The molecular weight excluding hydrogens is 234 g/mol. The standard InChI is InChI=1S/C12H19N3OS/c1-8(2)5-4-6-16-12-14-9(3)7-10(15-12)11(13)17/h7-8H,4-6H2,1-3H3,(H2,13,17). The summed E-state index contributed by atoms with van der Waals surface area (Å²) in [5.41, 5.74) is 6.90. The summed E-state index contributed by atoms with van der Waals surface area (Å²) in [6.07, 6.45) is 2.13. The molecule has 17 heavy (non-hydrogen) atoms. The predicted molar refractivity (Wildman–Crippen MR) is 72.2 cm³/mol. The molecule has 1 aromatic heterocycles. The first-order valence-electron chi connectivity index (χ1n) is 5.77. The van der Waals surface area contributed by atoms with Gasteiger partial charge in [0, 0.05) is 5.69 Å². The molecule has 0 spiro atoms. The van der Waals surface area contributed by atoms with Gasteiger partial charge in [0.2, 0.25) is 0 Å².